The Hall–Kier alpha value is -1.18. The quantitative estimate of drug-likeness (QED) is 0.710. The second-order valence-corrected chi connectivity index (χ2v) is 5.04. The molecule has 1 aromatic carbocycles. The first-order valence-electron chi connectivity index (χ1n) is 5.66. The van der Waals surface area contributed by atoms with Crippen molar-refractivity contribution in [3.05, 3.63) is 35.4 Å². The molecule has 0 N–H and O–H groups in total. The molecular weight excluding hydrogens is 253 g/mol. The van der Waals surface area contributed by atoms with Crippen LogP contribution in [0.2, 0.25) is 0 Å². The van der Waals surface area contributed by atoms with Crippen LogP contribution in [-0.4, -0.2) is 13.2 Å². The highest BCUT2D eigenvalue weighted by molar-refractivity contribution is 7.48. The van der Waals surface area contributed by atoms with E-state index in [9.17, 15) is 4.57 Å². The fraction of sp³-hybridized carbons (Fsp3) is 0.417. The van der Waals surface area contributed by atoms with E-state index in [-0.39, 0.29) is 19.8 Å². The maximum atomic E-state index is 12.0. The van der Waals surface area contributed by atoms with Crippen LogP contribution in [0.4, 0.5) is 0 Å². The van der Waals surface area contributed by atoms with Crippen molar-refractivity contribution in [1.29, 1.82) is 5.26 Å². The zero-order valence-electron chi connectivity index (χ0n) is 10.5. The average molecular weight is 269 g/mol. The van der Waals surface area contributed by atoms with Crippen LogP contribution in [0.25, 0.3) is 0 Å². The van der Waals surface area contributed by atoms with Crippen LogP contribution < -0.4 is 0 Å². The predicted octanol–water partition coefficient (Wildman–Crippen LogP) is 3.26. The van der Waals surface area contributed by atoms with E-state index >= 15 is 0 Å². The molecule has 0 amide bonds. The highest BCUT2D eigenvalue weighted by atomic mass is 31.2. The lowest BCUT2D eigenvalue weighted by molar-refractivity contribution is 0.116. The zero-order chi connectivity index (χ0) is 13.4. The Morgan fingerprint density at radius 2 is 1.89 bits per heavy atom. The van der Waals surface area contributed by atoms with Crippen molar-refractivity contribution in [3.8, 4) is 6.07 Å². The van der Waals surface area contributed by atoms with Crippen LogP contribution >= 0.6 is 7.82 Å². The fourth-order valence-corrected chi connectivity index (χ4v) is 2.48. The van der Waals surface area contributed by atoms with Crippen molar-refractivity contribution >= 4 is 7.82 Å². The van der Waals surface area contributed by atoms with Gasteiger partial charge in [-0.25, -0.2) is 4.57 Å². The van der Waals surface area contributed by atoms with Gasteiger partial charge in [-0.3, -0.25) is 13.6 Å². The van der Waals surface area contributed by atoms with E-state index in [1.807, 2.05) is 6.07 Å². The van der Waals surface area contributed by atoms with Crippen molar-refractivity contribution in [3.63, 3.8) is 0 Å². The van der Waals surface area contributed by atoms with Crippen LogP contribution in [0.5, 0.6) is 0 Å². The summed E-state index contributed by atoms with van der Waals surface area (Å²) in [6, 6.07) is 8.91. The van der Waals surface area contributed by atoms with Gasteiger partial charge in [-0.15, -0.1) is 0 Å². The van der Waals surface area contributed by atoms with E-state index < -0.39 is 7.82 Å². The highest BCUT2D eigenvalue weighted by Crippen LogP contribution is 2.49. The number of rotatable bonds is 7. The lowest BCUT2D eigenvalue weighted by atomic mass is 10.1. The van der Waals surface area contributed by atoms with Gasteiger partial charge < -0.3 is 0 Å². The highest BCUT2D eigenvalue weighted by Gasteiger charge is 2.25. The molecule has 1 aromatic rings. The summed E-state index contributed by atoms with van der Waals surface area (Å²) in [4.78, 5) is 0. The summed E-state index contributed by atoms with van der Waals surface area (Å²) in [7, 11) is -3.49. The molecule has 18 heavy (non-hydrogen) atoms. The van der Waals surface area contributed by atoms with Gasteiger partial charge in [0.05, 0.1) is 31.5 Å². The van der Waals surface area contributed by atoms with Gasteiger partial charge in [-0.05, 0) is 31.5 Å². The Bertz CT molecular complexity index is 459. The van der Waals surface area contributed by atoms with Crippen molar-refractivity contribution in [1.82, 2.24) is 0 Å². The summed E-state index contributed by atoms with van der Waals surface area (Å²) in [5, 5.41) is 8.76. The molecule has 6 heteroatoms. The van der Waals surface area contributed by atoms with E-state index in [0.29, 0.717) is 5.56 Å². The summed E-state index contributed by atoms with van der Waals surface area (Å²) in [6.07, 6.45) is 0. The number of phosphoric ester groups is 1. The molecule has 98 valence electrons. The number of benzene rings is 1. The molecule has 0 fully saturated rings. The Labute approximate surface area is 107 Å². The lowest BCUT2D eigenvalue weighted by Crippen LogP contribution is -2.00. The van der Waals surface area contributed by atoms with E-state index in [2.05, 4.69) is 0 Å². The van der Waals surface area contributed by atoms with E-state index in [4.69, 9.17) is 18.8 Å². The second-order valence-electron chi connectivity index (χ2n) is 3.37. The van der Waals surface area contributed by atoms with Crippen LogP contribution in [0.15, 0.2) is 24.3 Å². The molecule has 1 rings (SSSR count). The first kappa shape index (κ1) is 14.9. The molecule has 0 saturated carbocycles. The summed E-state index contributed by atoms with van der Waals surface area (Å²) < 4.78 is 27.2. The SMILES string of the molecule is CCOP(=O)(OCC)OCc1cccc(C#N)c1. The smallest absolute Gasteiger partial charge is 0.287 e. The summed E-state index contributed by atoms with van der Waals surface area (Å²) in [5.74, 6) is 0. The number of nitrogens with zero attached hydrogens (tertiary/aromatic N) is 1. The molecule has 0 spiro atoms. The molecular formula is C12H16NO4P. The summed E-state index contributed by atoms with van der Waals surface area (Å²) >= 11 is 0. The largest absolute Gasteiger partial charge is 0.475 e. The first-order valence-corrected chi connectivity index (χ1v) is 7.12. The maximum Gasteiger partial charge on any atom is 0.475 e. The van der Waals surface area contributed by atoms with E-state index in [1.165, 1.54) is 0 Å². The third-order valence-corrected chi connectivity index (χ3v) is 3.61. The number of hydrogen-bond donors (Lipinski definition) is 0. The van der Waals surface area contributed by atoms with Crippen molar-refractivity contribution in [2.75, 3.05) is 13.2 Å². The molecule has 0 bridgehead atoms. The Morgan fingerprint density at radius 1 is 1.22 bits per heavy atom. The third kappa shape index (κ3) is 4.59. The minimum atomic E-state index is -3.49. The van der Waals surface area contributed by atoms with Gasteiger partial charge in [0.15, 0.2) is 0 Å². The number of phosphoric acid groups is 1. The van der Waals surface area contributed by atoms with Crippen molar-refractivity contribution in [2.24, 2.45) is 0 Å². The van der Waals surface area contributed by atoms with Crippen LogP contribution in [-0.2, 0) is 24.7 Å². The van der Waals surface area contributed by atoms with Gasteiger partial charge in [-0.1, -0.05) is 12.1 Å². The minimum absolute atomic E-state index is 0.0762. The Kier molecular flexibility index (Phi) is 6.03. The number of nitriles is 1. The lowest BCUT2D eigenvalue weighted by Gasteiger charge is -2.16. The predicted molar refractivity (Wildman–Crippen MR) is 66.8 cm³/mol. The maximum absolute atomic E-state index is 12.0. The minimum Gasteiger partial charge on any atom is -0.287 e. The van der Waals surface area contributed by atoms with Crippen molar-refractivity contribution in [2.45, 2.75) is 20.5 Å². The molecule has 5 nitrogen and oxygen atoms in total. The zero-order valence-corrected chi connectivity index (χ0v) is 11.4. The van der Waals surface area contributed by atoms with Gasteiger partial charge in [-0.2, -0.15) is 5.26 Å². The third-order valence-electron chi connectivity index (χ3n) is 2.02. The van der Waals surface area contributed by atoms with Crippen LogP contribution in [0, 0.1) is 11.3 Å². The van der Waals surface area contributed by atoms with Gasteiger partial charge in [0.2, 0.25) is 0 Å². The fourth-order valence-electron chi connectivity index (χ4n) is 1.31. The molecule has 0 aliphatic rings. The summed E-state index contributed by atoms with van der Waals surface area (Å²) in [5.41, 5.74) is 1.27. The average Bonchev–Trinajstić information content (AvgIpc) is 2.37. The molecule has 0 heterocycles. The molecule has 0 saturated heterocycles. The normalized spacial score (nSPS) is 11.2. The van der Waals surface area contributed by atoms with Crippen LogP contribution in [0.1, 0.15) is 25.0 Å². The van der Waals surface area contributed by atoms with Gasteiger partial charge in [0, 0.05) is 0 Å². The molecule has 0 aromatic heterocycles. The summed E-state index contributed by atoms with van der Waals surface area (Å²) in [6.45, 7) is 3.99. The van der Waals surface area contributed by atoms with Gasteiger partial charge >= 0.3 is 7.82 Å². The van der Waals surface area contributed by atoms with Gasteiger partial charge in [0.1, 0.15) is 0 Å². The standard InChI is InChI=1S/C12H16NO4P/c1-3-15-18(14,16-4-2)17-10-12-7-5-6-11(8-12)9-13/h5-8H,3-4,10H2,1-2H3. The van der Waals surface area contributed by atoms with E-state index in [0.717, 1.165) is 5.56 Å². The molecule has 0 aliphatic carbocycles. The molecule has 0 unspecified atom stereocenters. The molecule has 0 atom stereocenters. The van der Waals surface area contributed by atoms with Gasteiger partial charge in [0.25, 0.3) is 0 Å². The Balaban J connectivity index is 2.67. The first-order chi connectivity index (χ1) is 8.63. The topological polar surface area (TPSA) is 68.6 Å². The second kappa shape index (κ2) is 7.30. The van der Waals surface area contributed by atoms with E-state index in [1.54, 1.807) is 38.1 Å². The van der Waals surface area contributed by atoms with Crippen LogP contribution in [0.3, 0.4) is 0 Å². The monoisotopic (exact) mass is 269 g/mol. The molecule has 0 aliphatic heterocycles. The Morgan fingerprint density at radius 3 is 2.44 bits per heavy atom. The number of hydrogen-bond acceptors (Lipinski definition) is 5. The molecule has 0 radical (unpaired) electrons. The van der Waals surface area contributed by atoms with Crippen molar-refractivity contribution < 1.29 is 18.1 Å².